The summed E-state index contributed by atoms with van der Waals surface area (Å²) in [5.41, 5.74) is 6.52. The number of halogens is 2. The van der Waals surface area contributed by atoms with Gasteiger partial charge >= 0.3 is 0 Å². The Balaban J connectivity index is 1.20. The number of pyridine rings is 1. The summed E-state index contributed by atoms with van der Waals surface area (Å²) < 4.78 is 34.1. The molecular formula is C29H38F2N4O3. The summed E-state index contributed by atoms with van der Waals surface area (Å²) in [4.78, 5) is 17.8. The van der Waals surface area contributed by atoms with E-state index in [9.17, 15) is 18.7 Å². The van der Waals surface area contributed by atoms with Crippen LogP contribution in [0, 0.1) is 23.5 Å². The first-order chi connectivity index (χ1) is 18.2. The molecule has 2 aliphatic carbocycles. The van der Waals surface area contributed by atoms with E-state index in [0.717, 1.165) is 31.2 Å². The van der Waals surface area contributed by atoms with E-state index in [1.807, 2.05) is 32.2 Å². The van der Waals surface area contributed by atoms with Crippen molar-refractivity contribution in [3.05, 3.63) is 59.3 Å². The second-order valence-corrected chi connectivity index (χ2v) is 11.5. The molecule has 9 heteroatoms. The Labute approximate surface area is 222 Å². The van der Waals surface area contributed by atoms with Crippen molar-refractivity contribution in [2.75, 3.05) is 0 Å². The molecule has 0 bridgehead atoms. The van der Waals surface area contributed by atoms with Crippen LogP contribution in [0.3, 0.4) is 0 Å². The number of hydrazine groups is 1. The molecule has 5 rings (SSSR count). The maximum atomic E-state index is 14.2. The minimum absolute atomic E-state index is 0.000714. The Hall–Kier alpha value is -2.62. The van der Waals surface area contributed by atoms with Crippen LogP contribution < -0.4 is 20.9 Å². The van der Waals surface area contributed by atoms with Gasteiger partial charge in [-0.3, -0.25) is 10.2 Å². The second-order valence-electron chi connectivity index (χ2n) is 11.5. The van der Waals surface area contributed by atoms with E-state index < -0.39 is 17.2 Å². The molecule has 1 aromatic carbocycles. The third kappa shape index (κ3) is 6.00. The number of fused-ring (bicyclic) bond motifs is 1. The van der Waals surface area contributed by atoms with Gasteiger partial charge in [-0.15, -0.1) is 0 Å². The zero-order chi connectivity index (χ0) is 26.9. The number of aliphatic hydroxyl groups is 1. The molecule has 1 aromatic heterocycles. The van der Waals surface area contributed by atoms with Crippen molar-refractivity contribution >= 4 is 5.91 Å². The highest BCUT2D eigenvalue weighted by Gasteiger charge is 2.44. The van der Waals surface area contributed by atoms with E-state index in [2.05, 4.69) is 21.2 Å². The summed E-state index contributed by atoms with van der Waals surface area (Å²) in [5, 5.41) is 14.4. The maximum Gasteiger partial charge on any atom is 0.223 e. The first-order valence-electron chi connectivity index (χ1n) is 13.8. The van der Waals surface area contributed by atoms with Gasteiger partial charge in [0.1, 0.15) is 11.6 Å². The van der Waals surface area contributed by atoms with Crippen LogP contribution in [-0.4, -0.2) is 39.8 Å². The third-order valence-electron chi connectivity index (χ3n) is 8.33. The molecule has 38 heavy (non-hydrogen) atoms. The van der Waals surface area contributed by atoms with Crippen LogP contribution >= 0.6 is 0 Å². The van der Waals surface area contributed by atoms with Crippen molar-refractivity contribution in [2.24, 2.45) is 11.8 Å². The SMILES string of the molecule is CC(C)Oc1ccc(C2NNC3CCC(C(=O)N[C@@H]4CCC[C@](O)(Cc5c(F)cccc5F)C4)CC32)cn1. The molecule has 1 saturated heterocycles. The molecule has 7 nitrogen and oxygen atoms in total. The zero-order valence-electron chi connectivity index (χ0n) is 22.1. The largest absolute Gasteiger partial charge is 0.475 e. The highest BCUT2D eigenvalue weighted by molar-refractivity contribution is 5.79. The molecule has 3 aliphatic rings. The molecule has 0 radical (unpaired) electrons. The van der Waals surface area contributed by atoms with Crippen LogP contribution in [0.25, 0.3) is 0 Å². The van der Waals surface area contributed by atoms with Gasteiger partial charge in [-0.05, 0) is 82.4 Å². The second kappa shape index (κ2) is 11.2. The number of nitrogens with zero attached hydrogens (tertiary/aromatic N) is 1. The number of hydrogen-bond acceptors (Lipinski definition) is 6. The number of carbonyl (C=O) groups is 1. The van der Waals surface area contributed by atoms with Crippen LogP contribution in [0.2, 0.25) is 0 Å². The van der Waals surface area contributed by atoms with Crippen LogP contribution in [0.5, 0.6) is 5.88 Å². The molecule has 4 N–H and O–H groups in total. The van der Waals surface area contributed by atoms with E-state index in [-0.39, 0.29) is 60.4 Å². The molecule has 206 valence electrons. The molecule has 2 aromatic rings. The summed E-state index contributed by atoms with van der Waals surface area (Å²) in [5.74, 6) is -0.586. The highest BCUT2D eigenvalue weighted by atomic mass is 19.1. The van der Waals surface area contributed by atoms with Crippen LogP contribution in [0.4, 0.5) is 8.78 Å². The smallest absolute Gasteiger partial charge is 0.223 e. The molecule has 2 heterocycles. The Morgan fingerprint density at radius 1 is 1.18 bits per heavy atom. The van der Waals surface area contributed by atoms with Gasteiger partial charge in [-0.25, -0.2) is 19.2 Å². The predicted octanol–water partition coefficient (Wildman–Crippen LogP) is 4.11. The number of hydrogen-bond donors (Lipinski definition) is 4. The molecule has 3 fully saturated rings. The quantitative estimate of drug-likeness (QED) is 0.432. The summed E-state index contributed by atoms with van der Waals surface area (Å²) in [6.45, 7) is 3.93. The van der Waals surface area contributed by atoms with Gasteiger partial charge in [-0.2, -0.15) is 0 Å². The number of ether oxygens (including phenoxy) is 1. The molecule has 1 amide bonds. The Bertz CT molecular complexity index is 1110. The summed E-state index contributed by atoms with van der Waals surface area (Å²) in [7, 11) is 0. The lowest BCUT2D eigenvalue weighted by Gasteiger charge is -2.39. The minimum atomic E-state index is -1.25. The monoisotopic (exact) mass is 528 g/mol. The lowest BCUT2D eigenvalue weighted by Crippen LogP contribution is -2.49. The molecule has 2 saturated carbocycles. The van der Waals surface area contributed by atoms with Gasteiger partial charge < -0.3 is 15.2 Å². The fourth-order valence-electron chi connectivity index (χ4n) is 6.49. The number of rotatable bonds is 7. The van der Waals surface area contributed by atoms with E-state index in [0.29, 0.717) is 18.7 Å². The van der Waals surface area contributed by atoms with Crippen molar-refractivity contribution in [1.82, 2.24) is 21.2 Å². The van der Waals surface area contributed by atoms with Gasteiger partial charge in [0.05, 0.1) is 17.7 Å². The van der Waals surface area contributed by atoms with Gasteiger partial charge in [-0.1, -0.05) is 12.1 Å². The summed E-state index contributed by atoms with van der Waals surface area (Å²) in [6.07, 6.45) is 6.37. The number of aromatic nitrogens is 1. The predicted molar refractivity (Wildman–Crippen MR) is 139 cm³/mol. The van der Waals surface area contributed by atoms with Crippen LogP contribution in [0.1, 0.15) is 76.0 Å². The summed E-state index contributed by atoms with van der Waals surface area (Å²) >= 11 is 0. The van der Waals surface area contributed by atoms with Crippen molar-refractivity contribution in [1.29, 1.82) is 0 Å². The lowest BCUT2D eigenvalue weighted by atomic mass is 9.74. The normalized spacial score (nSPS) is 31.2. The van der Waals surface area contributed by atoms with Gasteiger partial charge in [0.15, 0.2) is 0 Å². The first-order valence-corrected chi connectivity index (χ1v) is 13.8. The van der Waals surface area contributed by atoms with Gasteiger partial charge in [0, 0.05) is 42.2 Å². The molecular weight excluding hydrogens is 490 g/mol. The van der Waals surface area contributed by atoms with Crippen molar-refractivity contribution in [3.63, 3.8) is 0 Å². The topological polar surface area (TPSA) is 95.5 Å². The van der Waals surface area contributed by atoms with Crippen molar-refractivity contribution in [3.8, 4) is 5.88 Å². The Morgan fingerprint density at radius 2 is 1.97 bits per heavy atom. The van der Waals surface area contributed by atoms with E-state index >= 15 is 0 Å². The third-order valence-corrected chi connectivity index (χ3v) is 8.33. The van der Waals surface area contributed by atoms with Crippen LogP contribution in [-0.2, 0) is 11.2 Å². The van der Waals surface area contributed by atoms with E-state index in [1.54, 1.807) is 0 Å². The molecule has 4 unspecified atom stereocenters. The minimum Gasteiger partial charge on any atom is -0.475 e. The molecule has 1 aliphatic heterocycles. The van der Waals surface area contributed by atoms with Crippen molar-refractivity contribution < 1.29 is 23.4 Å². The highest BCUT2D eigenvalue weighted by Crippen LogP contribution is 2.41. The average molecular weight is 529 g/mol. The zero-order valence-corrected chi connectivity index (χ0v) is 22.1. The number of carbonyl (C=O) groups excluding carboxylic acids is 1. The standard InChI is InChI=1S/C29H38F2N4O3/c1-17(2)38-26-11-9-19(16-32-26)27-21-13-18(8-10-25(21)34-35-27)28(36)33-20-5-4-12-29(37,14-20)15-22-23(30)6-3-7-24(22)31/h3,6-7,9,11,16-18,20-21,25,27,34-35,37H,4-5,8,10,12-15H2,1-2H3,(H,33,36)/t18?,20-,21?,25?,27?,29-/m1/s1. The Kier molecular flexibility index (Phi) is 7.98. The summed E-state index contributed by atoms with van der Waals surface area (Å²) in [6, 6.07) is 7.77. The van der Waals surface area contributed by atoms with Gasteiger partial charge in [0.2, 0.25) is 11.8 Å². The van der Waals surface area contributed by atoms with E-state index in [1.165, 1.54) is 18.2 Å². The fraction of sp³-hybridized carbons (Fsp3) is 0.586. The number of amides is 1. The van der Waals surface area contributed by atoms with Crippen LogP contribution in [0.15, 0.2) is 36.5 Å². The lowest BCUT2D eigenvalue weighted by molar-refractivity contribution is -0.128. The molecule has 0 spiro atoms. The van der Waals surface area contributed by atoms with Gasteiger partial charge in [0.25, 0.3) is 0 Å². The first kappa shape index (κ1) is 27.0. The van der Waals surface area contributed by atoms with E-state index in [4.69, 9.17) is 4.74 Å². The Morgan fingerprint density at radius 3 is 2.68 bits per heavy atom. The average Bonchev–Trinajstić information content (AvgIpc) is 3.30. The maximum absolute atomic E-state index is 14.2. The van der Waals surface area contributed by atoms with Crippen molar-refractivity contribution in [2.45, 2.75) is 95.0 Å². The number of nitrogens with one attached hydrogen (secondary N) is 3. The number of benzene rings is 1. The molecule has 6 atom stereocenters. The fourth-order valence-corrected chi connectivity index (χ4v) is 6.49.